The summed E-state index contributed by atoms with van der Waals surface area (Å²) in [4.78, 5) is 2.76. The molecule has 1 unspecified atom stereocenters. The molecule has 0 aliphatic carbocycles. The number of benzene rings is 1. The lowest BCUT2D eigenvalue weighted by molar-refractivity contribution is 0.253. The van der Waals surface area contributed by atoms with Gasteiger partial charge in [-0.2, -0.15) is 0 Å². The smallest absolute Gasteiger partial charge is 0.0346 e. The molecular weight excluding hydrogens is 262 g/mol. The third-order valence-electron chi connectivity index (χ3n) is 3.95. The lowest BCUT2D eigenvalue weighted by Gasteiger charge is -2.27. The molecule has 2 aromatic rings. The van der Waals surface area contributed by atoms with Gasteiger partial charge in [-0.25, -0.2) is 0 Å². The van der Waals surface area contributed by atoms with Crippen LogP contribution in [0.5, 0.6) is 0 Å². The topological polar surface area (TPSA) is 12.0 Å². The van der Waals surface area contributed by atoms with Crippen molar-refractivity contribution < 1.29 is 0 Å². The highest BCUT2D eigenvalue weighted by Crippen LogP contribution is 2.28. The van der Waals surface area contributed by atoms with Crippen molar-refractivity contribution >= 4 is 11.3 Å². The van der Waals surface area contributed by atoms with E-state index in [1.54, 1.807) is 0 Å². The molecule has 0 aliphatic heterocycles. The Hall–Kier alpha value is -1.12. The molecule has 0 saturated carbocycles. The molecule has 108 valence electrons. The first kappa shape index (κ1) is 15.3. The van der Waals surface area contributed by atoms with E-state index in [4.69, 9.17) is 0 Å². The Morgan fingerprint density at radius 1 is 1.05 bits per heavy atom. The molecule has 2 rings (SSSR count). The van der Waals surface area contributed by atoms with Crippen LogP contribution in [0, 0.1) is 11.3 Å². The summed E-state index contributed by atoms with van der Waals surface area (Å²) in [7, 11) is 0. The first-order valence-corrected chi connectivity index (χ1v) is 8.13. The zero-order valence-corrected chi connectivity index (χ0v) is 13.8. The Labute approximate surface area is 127 Å². The SMILES string of the molecule is CC(CNCc1ccc(-c2ccccc2)s1)C(C)(C)C. The van der Waals surface area contributed by atoms with Crippen molar-refractivity contribution in [1.29, 1.82) is 0 Å². The summed E-state index contributed by atoms with van der Waals surface area (Å²) >= 11 is 1.88. The Bertz CT molecular complexity index is 522. The Morgan fingerprint density at radius 3 is 2.40 bits per heavy atom. The third kappa shape index (κ3) is 4.19. The monoisotopic (exact) mass is 287 g/mol. The van der Waals surface area contributed by atoms with Gasteiger partial charge in [0.2, 0.25) is 0 Å². The molecule has 1 N–H and O–H groups in total. The lowest BCUT2D eigenvalue weighted by atomic mass is 9.82. The van der Waals surface area contributed by atoms with Gasteiger partial charge in [-0.15, -0.1) is 11.3 Å². The Kier molecular flexibility index (Phi) is 5.00. The standard InChI is InChI=1S/C18H25NS/c1-14(18(2,3)4)12-19-13-16-10-11-17(20-16)15-8-6-5-7-9-15/h5-11,14,19H,12-13H2,1-4H3. The van der Waals surface area contributed by atoms with Gasteiger partial charge in [0.25, 0.3) is 0 Å². The van der Waals surface area contributed by atoms with Crippen LogP contribution in [0.15, 0.2) is 42.5 Å². The normalized spacial score (nSPS) is 13.4. The average Bonchev–Trinajstić information content (AvgIpc) is 2.87. The van der Waals surface area contributed by atoms with Crippen LogP contribution in [0.2, 0.25) is 0 Å². The zero-order chi connectivity index (χ0) is 14.6. The minimum atomic E-state index is 0.373. The van der Waals surface area contributed by atoms with Gasteiger partial charge in [0.1, 0.15) is 0 Å². The predicted octanol–water partition coefficient (Wildman–Crippen LogP) is 5.19. The van der Waals surface area contributed by atoms with E-state index in [9.17, 15) is 0 Å². The molecule has 0 fully saturated rings. The van der Waals surface area contributed by atoms with Crippen LogP contribution in [-0.2, 0) is 6.54 Å². The van der Waals surface area contributed by atoms with Crippen LogP contribution in [-0.4, -0.2) is 6.54 Å². The van der Waals surface area contributed by atoms with Crippen molar-refractivity contribution in [2.45, 2.75) is 34.2 Å². The predicted molar refractivity (Wildman–Crippen MR) is 90.1 cm³/mol. The minimum absolute atomic E-state index is 0.373. The molecule has 0 spiro atoms. The first-order valence-electron chi connectivity index (χ1n) is 7.31. The van der Waals surface area contributed by atoms with Crippen molar-refractivity contribution in [1.82, 2.24) is 5.32 Å². The molecule has 0 saturated heterocycles. The van der Waals surface area contributed by atoms with E-state index in [1.165, 1.54) is 15.3 Å². The van der Waals surface area contributed by atoms with E-state index in [1.807, 2.05) is 11.3 Å². The molecule has 1 aromatic heterocycles. The molecule has 2 heteroatoms. The molecule has 20 heavy (non-hydrogen) atoms. The lowest BCUT2D eigenvalue weighted by Crippen LogP contribution is -2.29. The van der Waals surface area contributed by atoms with Crippen LogP contribution in [0.3, 0.4) is 0 Å². The molecule has 0 aliphatic rings. The van der Waals surface area contributed by atoms with Crippen molar-refractivity contribution in [2.24, 2.45) is 11.3 Å². The van der Waals surface area contributed by atoms with E-state index in [2.05, 4.69) is 75.5 Å². The summed E-state index contributed by atoms with van der Waals surface area (Å²) < 4.78 is 0. The highest BCUT2D eigenvalue weighted by Gasteiger charge is 2.19. The summed E-state index contributed by atoms with van der Waals surface area (Å²) in [6.45, 7) is 11.3. The van der Waals surface area contributed by atoms with E-state index in [0.717, 1.165) is 13.1 Å². The minimum Gasteiger partial charge on any atom is -0.312 e. The fourth-order valence-electron chi connectivity index (χ4n) is 1.95. The molecule has 0 bridgehead atoms. The second-order valence-corrected chi connectivity index (χ2v) is 7.70. The van der Waals surface area contributed by atoms with Crippen molar-refractivity contribution in [3.8, 4) is 10.4 Å². The summed E-state index contributed by atoms with van der Waals surface area (Å²) in [6, 6.07) is 15.1. The van der Waals surface area contributed by atoms with Crippen LogP contribution < -0.4 is 5.32 Å². The van der Waals surface area contributed by atoms with Gasteiger partial charge < -0.3 is 5.32 Å². The molecule has 0 radical (unpaired) electrons. The van der Waals surface area contributed by atoms with Crippen LogP contribution >= 0.6 is 11.3 Å². The van der Waals surface area contributed by atoms with Crippen LogP contribution in [0.1, 0.15) is 32.6 Å². The number of hydrogen-bond donors (Lipinski definition) is 1. The van der Waals surface area contributed by atoms with E-state index >= 15 is 0 Å². The quantitative estimate of drug-likeness (QED) is 0.798. The first-order chi connectivity index (χ1) is 9.47. The van der Waals surface area contributed by atoms with Gasteiger partial charge in [0.05, 0.1) is 0 Å². The van der Waals surface area contributed by atoms with E-state index in [0.29, 0.717) is 11.3 Å². The second-order valence-electron chi connectivity index (χ2n) is 6.53. The maximum absolute atomic E-state index is 3.58. The number of hydrogen-bond acceptors (Lipinski definition) is 2. The fraction of sp³-hybridized carbons (Fsp3) is 0.444. The van der Waals surface area contributed by atoms with Gasteiger partial charge in [-0.1, -0.05) is 58.0 Å². The summed E-state index contributed by atoms with van der Waals surface area (Å²) in [5, 5.41) is 3.58. The second kappa shape index (κ2) is 6.55. The van der Waals surface area contributed by atoms with Gasteiger partial charge >= 0.3 is 0 Å². The van der Waals surface area contributed by atoms with Crippen LogP contribution in [0.25, 0.3) is 10.4 Å². The molecule has 1 nitrogen and oxygen atoms in total. The zero-order valence-electron chi connectivity index (χ0n) is 12.9. The van der Waals surface area contributed by atoms with Gasteiger partial charge in [-0.05, 0) is 35.6 Å². The van der Waals surface area contributed by atoms with Gasteiger partial charge in [0.15, 0.2) is 0 Å². The fourth-order valence-corrected chi connectivity index (χ4v) is 2.93. The highest BCUT2D eigenvalue weighted by atomic mass is 32.1. The third-order valence-corrected chi connectivity index (χ3v) is 5.08. The van der Waals surface area contributed by atoms with Crippen molar-refractivity contribution in [2.75, 3.05) is 6.54 Å². The summed E-state index contributed by atoms with van der Waals surface area (Å²) in [5.41, 5.74) is 1.68. The molecule has 1 aromatic carbocycles. The van der Waals surface area contributed by atoms with E-state index < -0.39 is 0 Å². The van der Waals surface area contributed by atoms with Gasteiger partial charge in [-0.3, -0.25) is 0 Å². The average molecular weight is 287 g/mol. The number of thiophene rings is 1. The Balaban J connectivity index is 1.88. The maximum Gasteiger partial charge on any atom is 0.0346 e. The van der Waals surface area contributed by atoms with Gasteiger partial charge in [0, 0.05) is 16.3 Å². The number of nitrogens with one attached hydrogen (secondary N) is 1. The van der Waals surface area contributed by atoms with E-state index in [-0.39, 0.29) is 0 Å². The molecule has 1 heterocycles. The molecular formula is C18H25NS. The maximum atomic E-state index is 3.58. The number of rotatable bonds is 5. The summed E-state index contributed by atoms with van der Waals surface area (Å²) in [5.74, 6) is 0.677. The molecule has 1 atom stereocenters. The molecule has 0 amide bonds. The van der Waals surface area contributed by atoms with Crippen molar-refractivity contribution in [3.63, 3.8) is 0 Å². The van der Waals surface area contributed by atoms with Crippen molar-refractivity contribution in [3.05, 3.63) is 47.3 Å². The Morgan fingerprint density at radius 2 is 1.75 bits per heavy atom. The van der Waals surface area contributed by atoms with Crippen LogP contribution in [0.4, 0.5) is 0 Å². The largest absolute Gasteiger partial charge is 0.312 e. The summed E-state index contributed by atoms with van der Waals surface area (Å²) in [6.07, 6.45) is 0. The highest BCUT2D eigenvalue weighted by molar-refractivity contribution is 7.15.